The SMILES string of the molecule is O=S(=O)(NCc1ccc(-c2csnn2)cc1)c1ccccc1OC(F)(F)F. The van der Waals surface area contributed by atoms with Crippen LogP contribution < -0.4 is 9.46 Å². The second-order valence-electron chi connectivity index (χ2n) is 5.31. The molecule has 142 valence electrons. The van der Waals surface area contributed by atoms with E-state index in [1.165, 1.54) is 23.7 Å². The molecule has 3 aromatic rings. The summed E-state index contributed by atoms with van der Waals surface area (Å²) < 4.78 is 72.0. The van der Waals surface area contributed by atoms with Crippen LogP contribution in [0.25, 0.3) is 11.3 Å². The van der Waals surface area contributed by atoms with Crippen molar-refractivity contribution in [2.45, 2.75) is 17.8 Å². The van der Waals surface area contributed by atoms with Gasteiger partial charge in [0.1, 0.15) is 16.3 Å². The lowest BCUT2D eigenvalue weighted by molar-refractivity contribution is -0.275. The Balaban J connectivity index is 1.74. The summed E-state index contributed by atoms with van der Waals surface area (Å²) in [5.74, 6) is -0.788. The third-order valence-electron chi connectivity index (χ3n) is 3.44. The number of ether oxygens (including phenoxy) is 1. The lowest BCUT2D eigenvalue weighted by atomic mass is 10.1. The van der Waals surface area contributed by atoms with Gasteiger partial charge < -0.3 is 4.74 Å². The first-order valence-corrected chi connectivity index (χ1v) is 9.77. The molecule has 1 N–H and O–H groups in total. The molecule has 0 radical (unpaired) electrons. The topological polar surface area (TPSA) is 81.2 Å². The van der Waals surface area contributed by atoms with Crippen LogP contribution in [0, 0.1) is 0 Å². The number of sulfonamides is 1. The van der Waals surface area contributed by atoms with E-state index < -0.39 is 27.0 Å². The van der Waals surface area contributed by atoms with Gasteiger partial charge in [0.25, 0.3) is 0 Å². The molecule has 0 aliphatic heterocycles. The fraction of sp³-hybridized carbons (Fsp3) is 0.125. The highest BCUT2D eigenvalue weighted by atomic mass is 32.2. The molecule has 3 rings (SSSR count). The number of hydrogen-bond acceptors (Lipinski definition) is 6. The summed E-state index contributed by atoms with van der Waals surface area (Å²) in [6.45, 7) is -0.0989. The van der Waals surface area contributed by atoms with Gasteiger partial charge in [0.05, 0.1) is 0 Å². The number of halogens is 3. The number of benzene rings is 2. The van der Waals surface area contributed by atoms with Crippen molar-refractivity contribution < 1.29 is 26.3 Å². The fourth-order valence-electron chi connectivity index (χ4n) is 2.22. The van der Waals surface area contributed by atoms with Gasteiger partial charge in [-0.25, -0.2) is 13.1 Å². The number of para-hydroxylation sites is 1. The standard InChI is InChI=1S/C16H12F3N3O3S2/c17-16(18,19)25-14-3-1-2-4-15(14)27(23,24)20-9-11-5-7-12(8-6-11)13-10-26-22-21-13/h1-8,10,20H,9H2. The second kappa shape index (κ2) is 7.62. The molecule has 0 saturated heterocycles. The number of nitrogens with one attached hydrogen (secondary N) is 1. The van der Waals surface area contributed by atoms with E-state index in [1.54, 1.807) is 29.6 Å². The Hall–Kier alpha value is -2.50. The van der Waals surface area contributed by atoms with Crippen LogP contribution in [0.1, 0.15) is 5.56 Å². The number of aromatic nitrogens is 2. The van der Waals surface area contributed by atoms with E-state index in [0.29, 0.717) is 11.3 Å². The maximum absolute atomic E-state index is 12.5. The van der Waals surface area contributed by atoms with Gasteiger partial charge in [-0.05, 0) is 29.2 Å². The van der Waals surface area contributed by atoms with Crippen LogP contribution in [0.4, 0.5) is 13.2 Å². The number of alkyl halides is 3. The van der Waals surface area contributed by atoms with Gasteiger partial charge in [0.15, 0.2) is 0 Å². The van der Waals surface area contributed by atoms with Crippen molar-refractivity contribution in [3.8, 4) is 17.0 Å². The molecule has 1 heterocycles. The Bertz CT molecular complexity index is 1010. The van der Waals surface area contributed by atoms with Gasteiger partial charge in [-0.15, -0.1) is 18.3 Å². The Labute approximate surface area is 156 Å². The van der Waals surface area contributed by atoms with E-state index in [2.05, 4.69) is 19.0 Å². The van der Waals surface area contributed by atoms with E-state index in [1.807, 2.05) is 0 Å². The minimum atomic E-state index is -4.99. The first-order valence-electron chi connectivity index (χ1n) is 7.45. The summed E-state index contributed by atoms with van der Waals surface area (Å²) in [5.41, 5.74) is 2.14. The monoisotopic (exact) mass is 415 g/mol. The molecule has 0 amide bonds. The fourth-order valence-corrected chi connectivity index (χ4v) is 3.83. The zero-order chi connectivity index (χ0) is 19.5. The summed E-state index contributed by atoms with van der Waals surface area (Å²) in [4.78, 5) is -0.590. The van der Waals surface area contributed by atoms with Crippen molar-refractivity contribution in [3.63, 3.8) is 0 Å². The van der Waals surface area contributed by atoms with E-state index in [4.69, 9.17) is 0 Å². The molecule has 0 aliphatic carbocycles. The normalized spacial score (nSPS) is 12.1. The van der Waals surface area contributed by atoms with E-state index >= 15 is 0 Å². The minimum Gasteiger partial charge on any atom is -0.404 e. The molecule has 1 aromatic heterocycles. The average Bonchev–Trinajstić information content (AvgIpc) is 3.14. The van der Waals surface area contributed by atoms with Crippen molar-refractivity contribution in [1.29, 1.82) is 0 Å². The van der Waals surface area contributed by atoms with Gasteiger partial charge >= 0.3 is 6.36 Å². The maximum atomic E-state index is 12.5. The van der Waals surface area contributed by atoms with Crippen LogP contribution in [-0.4, -0.2) is 24.4 Å². The smallest absolute Gasteiger partial charge is 0.404 e. The lowest BCUT2D eigenvalue weighted by Gasteiger charge is -2.14. The maximum Gasteiger partial charge on any atom is 0.573 e. The highest BCUT2D eigenvalue weighted by molar-refractivity contribution is 7.89. The summed E-state index contributed by atoms with van der Waals surface area (Å²) in [6, 6.07) is 11.4. The van der Waals surface area contributed by atoms with Crippen LogP contribution in [0.5, 0.6) is 5.75 Å². The minimum absolute atomic E-state index is 0.0989. The van der Waals surface area contributed by atoms with Crippen LogP contribution in [0.3, 0.4) is 0 Å². The van der Waals surface area contributed by atoms with Gasteiger partial charge in [0.2, 0.25) is 10.0 Å². The van der Waals surface area contributed by atoms with Crippen molar-refractivity contribution in [2.24, 2.45) is 0 Å². The molecule has 2 aromatic carbocycles. The molecule has 0 atom stereocenters. The van der Waals surface area contributed by atoms with E-state index in [0.717, 1.165) is 17.7 Å². The lowest BCUT2D eigenvalue weighted by Crippen LogP contribution is -2.25. The van der Waals surface area contributed by atoms with Crippen LogP contribution in [0.2, 0.25) is 0 Å². The average molecular weight is 415 g/mol. The second-order valence-corrected chi connectivity index (χ2v) is 7.65. The zero-order valence-electron chi connectivity index (χ0n) is 13.5. The Morgan fingerprint density at radius 1 is 1.07 bits per heavy atom. The molecule has 6 nitrogen and oxygen atoms in total. The summed E-state index contributed by atoms with van der Waals surface area (Å²) in [7, 11) is -4.21. The highest BCUT2D eigenvalue weighted by Crippen LogP contribution is 2.29. The summed E-state index contributed by atoms with van der Waals surface area (Å²) >= 11 is 1.21. The van der Waals surface area contributed by atoms with Gasteiger partial charge in [0, 0.05) is 17.5 Å². The van der Waals surface area contributed by atoms with Gasteiger partial charge in [-0.2, -0.15) is 0 Å². The van der Waals surface area contributed by atoms with Crippen LogP contribution in [-0.2, 0) is 16.6 Å². The summed E-state index contributed by atoms with van der Waals surface area (Å²) in [5, 5.41) is 5.70. The molecule has 27 heavy (non-hydrogen) atoms. The third-order valence-corrected chi connectivity index (χ3v) is 5.39. The summed E-state index contributed by atoms with van der Waals surface area (Å²) in [6.07, 6.45) is -4.99. The molecule has 0 spiro atoms. The Morgan fingerprint density at radius 2 is 1.78 bits per heavy atom. The third kappa shape index (κ3) is 5.02. The molecule has 0 bridgehead atoms. The van der Waals surface area contributed by atoms with Gasteiger partial charge in [-0.1, -0.05) is 40.9 Å². The molecular weight excluding hydrogens is 403 g/mol. The quantitative estimate of drug-likeness (QED) is 0.666. The van der Waals surface area contributed by atoms with Crippen LogP contribution >= 0.6 is 11.5 Å². The largest absolute Gasteiger partial charge is 0.573 e. The Morgan fingerprint density at radius 3 is 2.41 bits per heavy atom. The van der Waals surface area contributed by atoms with Crippen LogP contribution in [0.15, 0.2) is 58.8 Å². The molecule has 0 fully saturated rings. The number of nitrogens with zero attached hydrogens (tertiary/aromatic N) is 2. The molecule has 0 unspecified atom stereocenters. The Kier molecular flexibility index (Phi) is 5.44. The predicted molar refractivity (Wildman–Crippen MR) is 92.5 cm³/mol. The molecule has 0 saturated carbocycles. The number of rotatable bonds is 6. The van der Waals surface area contributed by atoms with E-state index in [9.17, 15) is 21.6 Å². The first-order chi connectivity index (χ1) is 12.7. The predicted octanol–water partition coefficient (Wildman–Crippen LogP) is 3.58. The first kappa shape index (κ1) is 19.3. The molecular formula is C16H12F3N3O3S2. The van der Waals surface area contributed by atoms with Crippen molar-refractivity contribution in [3.05, 3.63) is 59.5 Å². The van der Waals surface area contributed by atoms with Gasteiger partial charge in [-0.3, -0.25) is 0 Å². The zero-order valence-corrected chi connectivity index (χ0v) is 15.1. The van der Waals surface area contributed by atoms with Crippen molar-refractivity contribution >= 4 is 21.6 Å². The van der Waals surface area contributed by atoms with E-state index in [-0.39, 0.29) is 6.54 Å². The molecule has 11 heteroatoms. The molecule has 0 aliphatic rings. The highest BCUT2D eigenvalue weighted by Gasteiger charge is 2.33. The number of hydrogen-bond donors (Lipinski definition) is 1. The van der Waals surface area contributed by atoms with Crippen molar-refractivity contribution in [1.82, 2.24) is 14.3 Å². The van der Waals surface area contributed by atoms with Crippen molar-refractivity contribution in [2.75, 3.05) is 0 Å².